The molecule has 11 aromatic rings. The van der Waals surface area contributed by atoms with Crippen molar-refractivity contribution in [2.75, 3.05) is 4.90 Å². The lowest BCUT2D eigenvalue weighted by atomic mass is 9.81. The number of fused-ring (bicyclic) bond motifs is 7. The van der Waals surface area contributed by atoms with E-state index in [1.807, 2.05) is 0 Å². The van der Waals surface area contributed by atoms with Crippen LogP contribution in [-0.2, 0) is 0 Å². The Kier molecular flexibility index (Phi) is 8.56. The lowest BCUT2D eigenvalue weighted by molar-refractivity contribution is 1.29. The van der Waals surface area contributed by atoms with Crippen molar-refractivity contribution in [1.82, 2.24) is 0 Å². The minimum absolute atomic E-state index is 1.12. The van der Waals surface area contributed by atoms with Crippen LogP contribution in [0, 0.1) is 0 Å². The largest absolute Gasteiger partial charge is 0.310 e. The Morgan fingerprint density at radius 2 is 0.729 bits per heavy atom. The highest BCUT2D eigenvalue weighted by Gasteiger charge is 2.23. The molecular formula is C58H39N. The highest BCUT2D eigenvalue weighted by Crippen LogP contribution is 2.50. The standard InChI is InChI=1S/C58H39N/c1-5-18-41(19-6-1)53-39-54(42-20-7-2-8-21-42)57-52-37-36-47(59(45-24-9-3-10-25-45)46-26-11-4-12-27-46)38-55(52)50-29-15-16-30-51(50)58(57)56(53)44-34-32-43(33-35-44)49-31-17-23-40-22-13-14-28-48(40)49/h1-39H. The van der Waals surface area contributed by atoms with Crippen molar-refractivity contribution in [3.05, 3.63) is 237 Å². The SMILES string of the molecule is c1ccc(-c2cc(-c3ccccc3)c3c4ccc(N(c5ccccc5)c5ccccc5)cc4c4ccccc4c3c2-c2ccc(-c3cccc4ccccc34)cc2)cc1. The number of hydrogen-bond donors (Lipinski definition) is 0. The van der Waals surface area contributed by atoms with E-state index in [4.69, 9.17) is 0 Å². The van der Waals surface area contributed by atoms with Gasteiger partial charge in [-0.25, -0.2) is 0 Å². The summed E-state index contributed by atoms with van der Waals surface area (Å²) in [5.41, 5.74) is 13.1. The number of hydrogen-bond acceptors (Lipinski definition) is 1. The van der Waals surface area contributed by atoms with Gasteiger partial charge in [0.25, 0.3) is 0 Å². The maximum absolute atomic E-state index is 2.45. The molecule has 0 unspecified atom stereocenters. The maximum atomic E-state index is 2.45. The van der Waals surface area contributed by atoms with E-state index in [0.29, 0.717) is 0 Å². The average molecular weight is 750 g/mol. The molecule has 0 aromatic heterocycles. The third-order valence-electron chi connectivity index (χ3n) is 11.8. The molecule has 1 nitrogen and oxygen atoms in total. The molecule has 11 rings (SSSR count). The van der Waals surface area contributed by atoms with Crippen molar-refractivity contribution in [2.45, 2.75) is 0 Å². The molecule has 0 fully saturated rings. The van der Waals surface area contributed by atoms with E-state index in [2.05, 4.69) is 241 Å². The summed E-state index contributed by atoms with van der Waals surface area (Å²) in [5.74, 6) is 0. The molecule has 0 N–H and O–H groups in total. The molecular weight excluding hydrogens is 711 g/mol. The molecule has 0 saturated heterocycles. The van der Waals surface area contributed by atoms with Gasteiger partial charge in [-0.2, -0.15) is 0 Å². The highest BCUT2D eigenvalue weighted by molar-refractivity contribution is 6.33. The monoisotopic (exact) mass is 749 g/mol. The molecule has 0 atom stereocenters. The minimum Gasteiger partial charge on any atom is -0.310 e. The van der Waals surface area contributed by atoms with Crippen LogP contribution in [0.5, 0.6) is 0 Å². The number of benzene rings is 11. The maximum Gasteiger partial charge on any atom is 0.0468 e. The molecule has 0 heterocycles. The fraction of sp³-hybridized carbons (Fsp3) is 0. The van der Waals surface area contributed by atoms with Gasteiger partial charge in [0.1, 0.15) is 0 Å². The van der Waals surface area contributed by atoms with Gasteiger partial charge in [-0.1, -0.05) is 194 Å². The zero-order valence-electron chi connectivity index (χ0n) is 32.5. The van der Waals surface area contributed by atoms with Gasteiger partial charge >= 0.3 is 0 Å². The van der Waals surface area contributed by atoms with Gasteiger partial charge in [-0.15, -0.1) is 0 Å². The van der Waals surface area contributed by atoms with Crippen LogP contribution in [0.2, 0.25) is 0 Å². The smallest absolute Gasteiger partial charge is 0.0468 e. The lowest BCUT2D eigenvalue weighted by Crippen LogP contribution is -2.09. The Morgan fingerprint density at radius 1 is 0.237 bits per heavy atom. The first-order valence-electron chi connectivity index (χ1n) is 20.3. The fourth-order valence-corrected chi connectivity index (χ4v) is 9.17. The molecule has 0 aliphatic heterocycles. The third-order valence-corrected chi connectivity index (χ3v) is 11.8. The van der Waals surface area contributed by atoms with Crippen LogP contribution in [-0.4, -0.2) is 0 Å². The van der Waals surface area contributed by atoms with Gasteiger partial charge in [-0.3, -0.25) is 0 Å². The van der Waals surface area contributed by atoms with Crippen LogP contribution in [0.4, 0.5) is 17.1 Å². The molecule has 0 aliphatic rings. The molecule has 0 radical (unpaired) electrons. The highest BCUT2D eigenvalue weighted by atomic mass is 15.1. The van der Waals surface area contributed by atoms with E-state index in [0.717, 1.165) is 17.1 Å². The summed E-state index contributed by atoms with van der Waals surface area (Å²) in [4.78, 5) is 2.36. The second kappa shape index (κ2) is 14.6. The number of anilines is 3. The summed E-state index contributed by atoms with van der Waals surface area (Å²) in [6.45, 7) is 0. The van der Waals surface area contributed by atoms with Gasteiger partial charge in [0, 0.05) is 17.1 Å². The van der Waals surface area contributed by atoms with E-state index >= 15 is 0 Å². The van der Waals surface area contributed by atoms with E-state index in [1.54, 1.807) is 0 Å². The number of nitrogens with zero attached hydrogens (tertiary/aromatic N) is 1. The van der Waals surface area contributed by atoms with Crippen molar-refractivity contribution in [3.63, 3.8) is 0 Å². The van der Waals surface area contributed by atoms with Crippen molar-refractivity contribution >= 4 is 60.2 Å². The summed E-state index contributed by atoms with van der Waals surface area (Å²) in [6.07, 6.45) is 0. The Balaban J connectivity index is 1.24. The molecule has 59 heavy (non-hydrogen) atoms. The molecule has 276 valence electrons. The summed E-state index contributed by atoms with van der Waals surface area (Å²) in [5, 5.41) is 9.97. The van der Waals surface area contributed by atoms with Gasteiger partial charge in [0.15, 0.2) is 0 Å². The minimum atomic E-state index is 1.12. The van der Waals surface area contributed by atoms with Crippen molar-refractivity contribution < 1.29 is 0 Å². The van der Waals surface area contributed by atoms with E-state index < -0.39 is 0 Å². The predicted octanol–water partition coefficient (Wildman–Crippen LogP) is 16.4. The van der Waals surface area contributed by atoms with Crippen molar-refractivity contribution in [3.8, 4) is 44.5 Å². The van der Waals surface area contributed by atoms with Crippen LogP contribution in [0.15, 0.2) is 237 Å². The Labute approximate surface area is 344 Å². The topological polar surface area (TPSA) is 3.24 Å². The Bertz CT molecular complexity index is 3240. The van der Waals surface area contributed by atoms with Crippen molar-refractivity contribution in [1.29, 1.82) is 0 Å². The summed E-state index contributed by atoms with van der Waals surface area (Å²) in [6, 6.07) is 86.3. The first-order valence-corrected chi connectivity index (χ1v) is 20.3. The van der Waals surface area contributed by atoms with Crippen LogP contribution in [0.25, 0.3) is 87.6 Å². The van der Waals surface area contributed by atoms with Crippen LogP contribution >= 0.6 is 0 Å². The Hall–Kier alpha value is -7.74. The third kappa shape index (κ3) is 6.04. The molecule has 0 bridgehead atoms. The molecule has 0 spiro atoms. The second-order valence-corrected chi connectivity index (χ2v) is 15.2. The summed E-state index contributed by atoms with van der Waals surface area (Å²) >= 11 is 0. The van der Waals surface area contributed by atoms with Crippen LogP contribution in [0.1, 0.15) is 0 Å². The van der Waals surface area contributed by atoms with Gasteiger partial charge in [0.05, 0.1) is 0 Å². The quantitative estimate of drug-likeness (QED) is 0.147. The van der Waals surface area contributed by atoms with Crippen LogP contribution < -0.4 is 4.90 Å². The zero-order chi connectivity index (χ0) is 39.1. The molecule has 0 aliphatic carbocycles. The van der Waals surface area contributed by atoms with E-state index in [9.17, 15) is 0 Å². The molecule has 11 aromatic carbocycles. The number of para-hydroxylation sites is 2. The summed E-state index contributed by atoms with van der Waals surface area (Å²) < 4.78 is 0. The predicted molar refractivity (Wildman–Crippen MR) is 253 cm³/mol. The second-order valence-electron chi connectivity index (χ2n) is 15.2. The molecule has 0 saturated carbocycles. The first kappa shape index (κ1) is 34.5. The number of rotatable bonds is 7. The van der Waals surface area contributed by atoms with Gasteiger partial charge in [-0.05, 0) is 130 Å². The van der Waals surface area contributed by atoms with Crippen LogP contribution in [0.3, 0.4) is 0 Å². The Morgan fingerprint density at radius 3 is 1.39 bits per heavy atom. The van der Waals surface area contributed by atoms with Crippen molar-refractivity contribution in [2.24, 2.45) is 0 Å². The first-order chi connectivity index (χ1) is 29.3. The fourth-order valence-electron chi connectivity index (χ4n) is 9.17. The average Bonchev–Trinajstić information content (AvgIpc) is 3.32. The molecule has 1 heteroatoms. The summed E-state index contributed by atoms with van der Waals surface area (Å²) in [7, 11) is 0. The van der Waals surface area contributed by atoms with E-state index in [-0.39, 0.29) is 0 Å². The van der Waals surface area contributed by atoms with Gasteiger partial charge in [0.2, 0.25) is 0 Å². The molecule has 0 amide bonds. The normalized spacial score (nSPS) is 11.4. The lowest BCUT2D eigenvalue weighted by Gasteiger charge is -2.27. The van der Waals surface area contributed by atoms with E-state index in [1.165, 1.54) is 87.6 Å². The zero-order valence-corrected chi connectivity index (χ0v) is 32.5. The van der Waals surface area contributed by atoms with Gasteiger partial charge < -0.3 is 4.90 Å².